The molecule has 1 aliphatic rings. The summed E-state index contributed by atoms with van der Waals surface area (Å²) in [7, 11) is 0. The summed E-state index contributed by atoms with van der Waals surface area (Å²) in [5.74, 6) is 1.34. The van der Waals surface area contributed by atoms with Crippen molar-refractivity contribution >= 4 is 15.9 Å². The average molecular weight is 302 g/mol. The van der Waals surface area contributed by atoms with Crippen LogP contribution in [0.5, 0.6) is 11.5 Å². The Morgan fingerprint density at radius 2 is 2.18 bits per heavy atom. The number of halogens is 1. The second kappa shape index (κ2) is 4.48. The zero-order valence-corrected chi connectivity index (χ0v) is 11.5. The van der Waals surface area contributed by atoms with Gasteiger partial charge >= 0.3 is 0 Å². The molecule has 3 N–H and O–H groups in total. The zero-order chi connectivity index (χ0) is 12.6. The van der Waals surface area contributed by atoms with Crippen LogP contribution in [0.2, 0.25) is 0 Å². The minimum atomic E-state index is -0.640. The van der Waals surface area contributed by atoms with Crippen molar-refractivity contribution in [2.24, 2.45) is 11.1 Å². The summed E-state index contributed by atoms with van der Waals surface area (Å²) in [6.07, 6.45) is -0.640. The molecule has 1 unspecified atom stereocenters. The van der Waals surface area contributed by atoms with Crippen LogP contribution in [0.1, 0.15) is 25.5 Å². The van der Waals surface area contributed by atoms with E-state index in [1.54, 1.807) is 6.07 Å². The summed E-state index contributed by atoms with van der Waals surface area (Å²) in [5.41, 5.74) is 6.06. The maximum Gasteiger partial charge on any atom is 0.231 e. The Labute approximate surface area is 109 Å². The van der Waals surface area contributed by atoms with E-state index >= 15 is 0 Å². The van der Waals surface area contributed by atoms with Crippen LogP contribution in [0.4, 0.5) is 0 Å². The second-order valence-electron chi connectivity index (χ2n) is 4.83. The number of hydrogen-bond acceptors (Lipinski definition) is 4. The first-order valence-electron chi connectivity index (χ1n) is 5.43. The Morgan fingerprint density at radius 1 is 1.47 bits per heavy atom. The van der Waals surface area contributed by atoms with Crippen molar-refractivity contribution in [3.05, 3.63) is 22.2 Å². The molecule has 0 fully saturated rings. The van der Waals surface area contributed by atoms with Gasteiger partial charge in [-0.3, -0.25) is 0 Å². The molecule has 0 aliphatic carbocycles. The minimum Gasteiger partial charge on any atom is -0.454 e. The lowest BCUT2D eigenvalue weighted by Gasteiger charge is -2.29. The molecule has 17 heavy (non-hydrogen) atoms. The number of rotatable bonds is 3. The summed E-state index contributed by atoms with van der Waals surface area (Å²) in [5, 5.41) is 10.3. The number of fused-ring (bicyclic) bond motifs is 1. The Balaban J connectivity index is 2.38. The van der Waals surface area contributed by atoms with Crippen molar-refractivity contribution in [2.45, 2.75) is 20.0 Å². The van der Waals surface area contributed by atoms with Crippen LogP contribution in [-0.4, -0.2) is 18.4 Å². The van der Waals surface area contributed by atoms with Gasteiger partial charge in [0.15, 0.2) is 11.5 Å². The second-order valence-corrected chi connectivity index (χ2v) is 5.69. The first-order chi connectivity index (χ1) is 7.95. The molecule has 1 aliphatic heterocycles. The van der Waals surface area contributed by atoms with E-state index < -0.39 is 6.10 Å². The van der Waals surface area contributed by atoms with Crippen LogP contribution < -0.4 is 15.2 Å². The lowest BCUT2D eigenvalue weighted by atomic mass is 9.83. The third-order valence-corrected chi connectivity index (χ3v) is 3.62. The van der Waals surface area contributed by atoms with Crippen molar-refractivity contribution in [1.82, 2.24) is 0 Å². The average Bonchev–Trinajstić information content (AvgIpc) is 2.76. The summed E-state index contributed by atoms with van der Waals surface area (Å²) < 4.78 is 11.4. The Kier molecular flexibility index (Phi) is 3.34. The van der Waals surface area contributed by atoms with Crippen LogP contribution >= 0.6 is 15.9 Å². The monoisotopic (exact) mass is 301 g/mol. The lowest BCUT2D eigenvalue weighted by Crippen LogP contribution is -2.30. The Hall–Kier alpha value is -0.780. The highest BCUT2D eigenvalue weighted by atomic mass is 79.9. The highest BCUT2D eigenvalue weighted by Crippen LogP contribution is 2.43. The third kappa shape index (κ3) is 2.27. The molecule has 2 rings (SSSR count). The van der Waals surface area contributed by atoms with Gasteiger partial charge in [0, 0.05) is 12.0 Å². The van der Waals surface area contributed by atoms with E-state index in [-0.39, 0.29) is 12.2 Å². The summed E-state index contributed by atoms with van der Waals surface area (Å²) in [4.78, 5) is 0. The molecule has 1 atom stereocenters. The fourth-order valence-electron chi connectivity index (χ4n) is 1.71. The number of aliphatic hydroxyl groups excluding tert-OH is 1. The van der Waals surface area contributed by atoms with E-state index in [1.165, 1.54) is 0 Å². The summed E-state index contributed by atoms with van der Waals surface area (Å²) in [6, 6.07) is 3.64. The van der Waals surface area contributed by atoms with Crippen molar-refractivity contribution < 1.29 is 14.6 Å². The maximum absolute atomic E-state index is 10.3. The minimum absolute atomic E-state index is 0.216. The van der Waals surface area contributed by atoms with E-state index in [4.69, 9.17) is 15.2 Å². The summed E-state index contributed by atoms with van der Waals surface area (Å²) in [6.45, 7) is 4.47. The van der Waals surface area contributed by atoms with E-state index in [2.05, 4.69) is 15.9 Å². The van der Waals surface area contributed by atoms with Crippen LogP contribution in [0.15, 0.2) is 16.6 Å². The Morgan fingerprint density at radius 3 is 2.82 bits per heavy atom. The molecule has 0 saturated carbocycles. The van der Waals surface area contributed by atoms with Gasteiger partial charge in [0.2, 0.25) is 6.79 Å². The van der Waals surface area contributed by atoms with Gasteiger partial charge < -0.3 is 20.3 Å². The molecule has 0 bridgehead atoms. The van der Waals surface area contributed by atoms with E-state index in [9.17, 15) is 5.11 Å². The predicted octanol–water partition coefficient (Wildman–Crippen LogP) is 2.20. The van der Waals surface area contributed by atoms with E-state index in [1.807, 2.05) is 19.9 Å². The van der Waals surface area contributed by atoms with Gasteiger partial charge in [0.25, 0.3) is 0 Å². The van der Waals surface area contributed by atoms with Crippen molar-refractivity contribution in [2.75, 3.05) is 13.3 Å². The van der Waals surface area contributed by atoms with Gasteiger partial charge in [-0.2, -0.15) is 0 Å². The topological polar surface area (TPSA) is 64.7 Å². The normalized spacial score (nSPS) is 16.1. The summed E-state index contributed by atoms with van der Waals surface area (Å²) >= 11 is 3.41. The smallest absolute Gasteiger partial charge is 0.231 e. The SMILES string of the molecule is CC(C)(CN)C(O)c1cc(Br)c2c(c1)OCO2. The molecular weight excluding hydrogens is 286 g/mol. The molecule has 94 valence electrons. The van der Waals surface area contributed by atoms with Gasteiger partial charge in [-0.1, -0.05) is 13.8 Å². The molecule has 1 heterocycles. The van der Waals surface area contributed by atoms with Crippen molar-refractivity contribution in [3.8, 4) is 11.5 Å². The molecule has 0 spiro atoms. The number of aliphatic hydroxyl groups is 1. The first kappa shape index (κ1) is 12.7. The molecule has 4 nitrogen and oxygen atoms in total. The number of hydrogen-bond donors (Lipinski definition) is 2. The van der Waals surface area contributed by atoms with Gasteiger partial charge in [-0.25, -0.2) is 0 Å². The van der Waals surface area contributed by atoms with Gasteiger partial charge in [-0.15, -0.1) is 0 Å². The molecule has 0 radical (unpaired) electrons. The molecule has 0 aromatic heterocycles. The lowest BCUT2D eigenvalue weighted by molar-refractivity contribution is 0.0553. The number of benzene rings is 1. The van der Waals surface area contributed by atoms with Gasteiger partial charge in [0.05, 0.1) is 10.6 Å². The molecule has 0 amide bonds. The van der Waals surface area contributed by atoms with E-state index in [0.717, 1.165) is 10.0 Å². The zero-order valence-electron chi connectivity index (χ0n) is 9.87. The standard InChI is InChI=1S/C12H16BrNO3/c1-12(2,5-14)11(15)7-3-8(13)10-9(4-7)16-6-17-10/h3-4,11,15H,5-6,14H2,1-2H3. The first-order valence-corrected chi connectivity index (χ1v) is 6.22. The molecule has 1 aromatic carbocycles. The predicted molar refractivity (Wildman–Crippen MR) is 68.1 cm³/mol. The van der Waals surface area contributed by atoms with Crippen LogP contribution in [-0.2, 0) is 0 Å². The fourth-order valence-corrected chi connectivity index (χ4v) is 2.28. The largest absolute Gasteiger partial charge is 0.454 e. The fraction of sp³-hybridized carbons (Fsp3) is 0.500. The van der Waals surface area contributed by atoms with Crippen LogP contribution in [0.25, 0.3) is 0 Å². The number of ether oxygens (including phenoxy) is 2. The van der Waals surface area contributed by atoms with E-state index in [0.29, 0.717) is 18.0 Å². The van der Waals surface area contributed by atoms with Gasteiger partial charge in [0.1, 0.15) is 0 Å². The Bertz CT molecular complexity index is 434. The maximum atomic E-state index is 10.3. The highest BCUT2D eigenvalue weighted by Gasteiger charge is 2.30. The van der Waals surface area contributed by atoms with Crippen LogP contribution in [0, 0.1) is 5.41 Å². The van der Waals surface area contributed by atoms with Crippen LogP contribution in [0.3, 0.4) is 0 Å². The van der Waals surface area contributed by atoms with Gasteiger partial charge in [-0.05, 0) is 33.6 Å². The molecule has 1 aromatic rings. The molecule has 0 saturated heterocycles. The molecular formula is C12H16BrNO3. The highest BCUT2D eigenvalue weighted by molar-refractivity contribution is 9.10. The number of nitrogens with two attached hydrogens (primary N) is 1. The van der Waals surface area contributed by atoms with Crippen molar-refractivity contribution in [3.63, 3.8) is 0 Å². The van der Waals surface area contributed by atoms with Crippen molar-refractivity contribution in [1.29, 1.82) is 0 Å². The quantitative estimate of drug-likeness (QED) is 0.898. The third-order valence-electron chi connectivity index (χ3n) is 3.03. The molecule has 5 heteroatoms.